The molecule has 0 saturated heterocycles. The molecule has 0 aliphatic rings. The van der Waals surface area contributed by atoms with Crippen LogP contribution in [0.2, 0.25) is 0 Å². The first-order valence-electron chi connectivity index (χ1n) is 4.95. The van der Waals surface area contributed by atoms with Crippen LogP contribution < -0.4 is 11.1 Å². The number of benzene rings is 1. The van der Waals surface area contributed by atoms with Gasteiger partial charge in [0.05, 0.1) is 5.56 Å². The van der Waals surface area contributed by atoms with E-state index in [2.05, 4.69) is 10.1 Å². The Kier molecular flexibility index (Phi) is 4.91. The molecule has 6 heteroatoms. The minimum atomic E-state index is -0.819. The van der Waals surface area contributed by atoms with Gasteiger partial charge in [-0.3, -0.25) is 0 Å². The Morgan fingerprint density at radius 3 is 3.00 bits per heavy atom. The lowest BCUT2D eigenvalue weighted by Crippen LogP contribution is -2.23. The van der Waals surface area contributed by atoms with E-state index in [4.69, 9.17) is 11.0 Å². The summed E-state index contributed by atoms with van der Waals surface area (Å²) in [6.07, 6.45) is -0.819. The highest BCUT2D eigenvalue weighted by atomic mass is 19.1. The summed E-state index contributed by atoms with van der Waals surface area (Å²) in [5.41, 5.74) is 5.57. The monoisotopic (exact) mass is 237 g/mol. The molecule has 5 nitrogen and oxygen atoms in total. The second-order valence-corrected chi connectivity index (χ2v) is 3.27. The maximum Gasteiger partial charge on any atom is 0.404 e. The average Bonchev–Trinajstić information content (AvgIpc) is 2.30. The van der Waals surface area contributed by atoms with Crippen LogP contribution in [-0.2, 0) is 11.3 Å². The van der Waals surface area contributed by atoms with Crippen molar-refractivity contribution < 1.29 is 13.9 Å². The summed E-state index contributed by atoms with van der Waals surface area (Å²) in [5, 5.41) is 11.6. The molecule has 0 aliphatic carbocycles. The van der Waals surface area contributed by atoms with Gasteiger partial charge in [-0.05, 0) is 17.7 Å². The van der Waals surface area contributed by atoms with Gasteiger partial charge in [-0.15, -0.1) is 0 Å². The zero-order chi connectivity index (χ0) is 12.7. The fourth-order valence-electron chi connectivity index (χ4n) is 1.22. The lowest BCUT2D eigenvalue weighted by molar-refractivity contribution is 0.157. The van der Waals surface area contributed by atoms with Gasteiger partial charge in [-0.2, -0.15) is 5.26 Å². The van der Waals surface area contributed by atoms with E-state index in [-0.39, 0.29) is 12.2 Å². The normalized spacial score (nSPS) is 9.65. The fourth-order valence-corrected chi connectivity index (χ4v) is 1.22. The van der Waals surface area contributed by atoms with Gasteiger partial charge in [0.25, 0.3) is 0 Å². The van der Waals surface area contributed by atoms with Crippen LogP contribution in [0, 0.1) is 17.1 Å². The number of hydrogen-bond acceptors (Lipinski definition) is 4. The van der Waals surface area contributed by atoms with Crippen molar-refractivity contribution in [3.8, 4) is 6.07 Å². The van der Waals surface area contributed by atoms with Crippen molar-refractivity contribution in [2.24, 2.45) is 5.73 Å². The van der Waals surface area contributed by atoms with E-state index in [1.807, 2.05) is 0 Å². The van der Waals surface area contributed by atoms with E-state index >= 15 is 0 Å². The highest BCUT2D eigenvalue weighted by Gasteiger charge is 2.02. The Bertz CT molecular complexity index is 443. The zero-order valence-electron chi connectivity index (χ0n) is 9.07. The van der Waals surface area contributed by atoms with Crippen molar-refractivity contribution in [2.75, 3.05) is 13.2 Å². The Morgan fingerprint density at radius 2 is 2.35 bits per heavy atom. The maximum absolute atomic E-state index is 13.0. The molecular weight excluding hydrogens is 225 g/mol. The number of nitrogens with one attached hydrogen (secondary N) is 1. The molecule has 1 rings (SSSR count). The van der Waals surface area contributed by atoms with Crippen LogP contribution in [-0.4, -0.2) is 19.2 Å². The quantitative estimate of drug-likeness (QED) is 0.744. The number of carbonyl (C=O) groups excluding carboxylic acids is 1. The number of amides is 1. The molecular formula is C11H12FN3O2. The smallest absolute Gasteiger partial charge is 0.404 e. The van der Waals surface area contributed by atoms with Gasteiger partial charge in [0.15, 0.2) is 0 Å². The second kappa shape index (κ2) is 6.45. The van der Waals surface area contributed by atoms with E-state index in [0.29, 0.717) is 13.1 Å². The van der Waals surface area contributed by atoms with Crippen molar-refractivity contribution in [3.63, 3.8) is 0 Å². The molecule has 1 aromatic rings. The lowest BCUT2D eigenvalue weighted by Gasteiger charge is -2.05. The number of carbonyl (C=O) groups is 1. The minimum Gasteiger partial charge on any atom is -0.448 e. The molecule has 0 spiro atoms. The number of halogens is 1. The highest BCUT2D eigenvalue weighted by Crippen LogP contribution is 2.09. The minimum absolute atomic E-state index is 0.0117. The van der Waals surface area contributed by atoms with Crippen molar-refractivity contribution in [1.82, 2.24) is 5.32 Å². The van der Waals surface area contributed by atoms with Crippen LogP contribution in [0.3, 0.4) is 0 Å². The summed E-state index contributed by atoms with van der Waals surface area (Å²) in [6, 6.07) is 6.06. The first-order chi connectivity index (χ1) is 8.13. The molecule has 1 amide bonds. The van der Waals surface area contributed by atoms with Crippen LogP contribution in [0.15, 0.2) is 18.2 Å². The van der Waals surface area contributed by atoms with Gasteiger partial charge < -0.3 is 15.8 Å². The van der Waals surface area contributed by atoms with Gasteiger partial charge >= 0.3 is 6.09 Å². The third-order valence-corrected chi connectivity index (χ3v) is 2.00. The molecule has 0 heterocycles. The number of nitriles is 1. The van der Waals surface area contributed by atoms with E-state index < -0.39 is 11.9 Å². The molecule has 17 heavy (non-hydrogen) atoms. The van der Waals surface area contributed by atoms with Crippen molar-refractivity contribution in [1.29, 1.82) is 5.26 Å². The van der Waals surface area contributed by atoms with Gasteiger partial charge in [0.1, 0.15) is 18.5 Å². The van der Waals surface area contributed by atoms with Crippen molar-refractivity contribution in [3.05, 3.63) is 35.1 Å². The standard InChI is InChI=1S/C11H12FN3O2/c12-10-2-1-8(5-9(10)6-13)7-15-3-4-17-11(14)16/h1-2,5,15H,3-4,7H2,(H2,14,16). The number of ether oxygens (including phenoxy) is 1. The largest absolute Gasteiger partial charge is 0.448 e. The molecule has 0 saturated carbocycles. The molecule has 0 aromatic heterocycles. The van der Waals surface area contributed by atoms with Crippen LogP contribution in [0.25, 0.3) is 0 Å². The third kappa shape index (κ3) is 4.49. The summed E-state index contributed by atoms with van der Waals surface area (Å²) in [6.45, 7) is 1.06. The topological polar surface area (TPSA) is 88.1 Å². The van der Waals surface area contributed by atoms with Gasteiger partial charge in [-0.1, -0.05) is 6.07 Å². The number of nitrogens with zero attached hydrogens (tertiary/aromatic N) is 1. The summed E-state index contributed by atoms with van der Waals surface area (Å²) in [4.78, 5) is 10.2. The van der Waals surface area contributed by atoms with Crippen molar-refractivity contribution >= 4 is 6.09 Å². The van der Waals surface area contributed by atoms with E-state index in [1.54, 1.807) is 12.1 Å². The van der Waals surface area contributed by atoms with Crippen LogP contribution in [0.4, 0.5) is 9.18 Å². The number of primary amides is 1. The summed E-state index contributed by atoms with van der Waals surface area (Å²) in [5.74, 6) is -0.534. The van der Waals surface area contributed by atoms with Crippen molar-refractivity contribution in [2.45, 2.75) is 6.54 Å². The number of rotatable bonds is 5. The predicted octanol–water partition coefficient (Wildman–Crippen LogP) is 0.882. The summed E-state index contributed by atoms with van der Waals surface area (Å²) in [7, 11) is 0. The van der Waals surface area contributed by atoms with E-state index in [0.717, 1.165) is 5.56 Å². The van der Waals surface area contributed by atoms with E-state index in [9.17, 15) is 9.18 Å². The number of hydrogen-bond donors (Lipinski definition) is 2. The first kappa shape index (κ1) is 12.9. The third-order valence-electron chi connectivity index (χ3n) is 2.00. The summed E-state index contributed by atoms with van der Waals surface area (Å²) < 4.78 is 17.5. The highest BCUT2D eigenvalue weighted by molar-refractivity contribution is 5.64. The molecule has 3 N–H and O–H groups in total. The fraction of sp³-hybridized carbons (Fsp3) is 0.273. The molecule has 1 aromatic carbocycles. The molecule has 0 radical (unpaired) electrons. The van der Waals surface area contributed by atoms with Crippen LogP contribution in [0.5, 0.6) is 0 Å². The lowest BCUT2D eigenvalue weighted by atomic mass is 10.1. The van der Waals surface area contributed by atoms with E-state index in [1.165, 1.54) is 12.1 Å². The molecule has 0 aliphatic heterocycles. The maximum atomic E-state index is 13.0. The molecule has 0 unspecified atom stereocenters. The Labute approximate surface area is 98.0 Å². The zero-order valence-corrected chi connectivity index (χ0v) is 9.07. The van der Waals surface area contributed by atoms with Gasteiger partial charge in [0, 0.05) is 13.1 Å². The Balaban J connectivity index is 2.37. The molecule has 0 bridgehead atoms. The van der Waals surface area contributed by atoms with Gasteiger partial charge in [0.2, 0.25) is 0 Å². The Morgan fingerprint density at radius 1 is 1.59 bits per heavy atom. The van der Waals surface area contributed by atoms with Crippen LogP contribution >= 0.6 is 0 Å². The van der Waals surface area contributed by atoms with Crippen LogP contribution in [0.1, 0.15) is 11.1 Å². The van der Waals surface area contributed by atoms with Gasteiger partial charge in [-0.25, -0.2) is 9.18 Å². The summed E-state index contributed by atoms with van der Waals surface area (Å²) >= 11 is 0. The predicted molar refractivity (Wildman–Crippen MR) is 58.4 cm³/mol. The molecule has 0 atom stereocenters. The molecule has 0 fully saturated rings. The first-order valence-corrected chi connectivity index (χ1v) is 4.95. The average molecular weight is 237 g/mol. The SMILES string of the molecule is N#Cc1cc(CNCCOC(N)=O)ccc1F. The Hall–Kier alpha value is -2.13. The second-order valence-electron chi connectivity index (χ2n) is 3.27. The molecule has 90 valence electrons. The number of nitrogens with two attached hydrogens (primary N) is 1.